The van der Waals surface area contributed by atoms with Crippen molar-refractivity contribution in [3.8, 4) is 0 Å². The Labute approximate surface area is 115 Å². The summed E-state index contributed by atoms with van der Waals surface area (Å²) >= 11 is 0. The molecule has 0 aromatic rings. The van der Waals surface area contributed by atoms with Crippen molar-refractivity contribution in [2.24, 2.45) is 0 Å². The normalized spacial score (nSPS) is 27.3. The van der Waals surface area contributed by atoms with Crippen molar-refractivity contribution >= 4 is 0 Å². The Bertz CT molecular complexity index is 446. The third kappa shape index (κ3) is 2.40. The highest BCUT2D eigenvalue weighted by Gasteiger charge is 2.90. The molecule has 0 aliphatic carbocycles. The van der Waals surface area contributed by atoms with Crippen LogP contribution in [0.25, 0.3) is 0 Å². The monoisotopic (exact) mass is 381 g/mol. The second-order valence-electron chi connectivity index (χ2n) is 4.02. The molecule has 0 saturated carbocycles. The summed E-state index contributed by atoms with van der Waals surface area (Å²) in [6.45, 7) is 0. The van der Waals surface area contributed by atoms with Gasteiger partial charge in [-0.05, 0) is 0 Å². The average molecular weight is 381 g/mol. The first-order chi connectivity index (χ1) is 9.77. The molecule has 0 spiro atoms. The fourth-order valence-electron chi connectivity index (χ4n) is 1.35. The molecule has 0 bridgehead atoms. The number of alkyl halides is 14. The summed E-state index contributed by atoms with van der Waals surface area (Å²) in [5, 5.41) is 0. The predicted molar refractivity (Wildman–Crippen MR) is 38.6 cm³/mol. The quantitative estimate of drug-likeness (QED) is 0.537. The highest BCUT2D eigenvalue weighted by molar-refractivity contribution is 5.02. The van der Waals surface area contributed by atoms with Gasteiger partial charge in [0.05, 0.1) is 0 Å². The summed E-state index contributed by atoms with van der Waals surface area (Å²) in [7, 11) is 0. The third-order valence-electron chi connectivity index (χ3n) is 2.47. The van der Waals surface area contributed by atoms with E-state index >= 15 is 0 Å². The maximum Gasteiger partial charge on any atom is 0.439 e. The maximum absolute atomic E-state index is 13.0. The van der Waals surface area contributed by atoms with Gasteiger partial charge in [-0.15, -0.1) is 0 Å². The third-order valence-corrected chi connectivity index (χ3v) is 2.47. The Morgan fingerprint density at radius 3 is 1.26 bits per heavy atom. The largest absolute Gasteiger partial charge is 0.439 e. The van der Waals surface area contributed by atoms with Crippen LogP contribution in [0.4, 0.5) is 61.5 Å². The van der Waals surface area contributed by atoms with E-state index in [4.69, 9.17) is 0 Å². The van der Waals surface area contributed by atoms with Gasteiger partial charge >= 0.3 is 42.7 Å². The van der Waals surface area contributed by atoms with Gasteiger partial charge in [0.15, 0.2) is 0 Å². The fraction of sp³-hybridized carbons (Fsp3) is 1.00. The van der Waals surface area contributed by atoms with E-state index < -0.39 is 47.6 Å². The lowest BCUT2D eigenvalue weighted by Crippen LogP contribution is -2.80. The zero-order valence-electron chi connectivity index (χ0n) is 9.72. The van der Waals surface area contributed by atoms with Crippen molar-refractivity contribution in [1.29, 1.82) is 0 Å². The Balaban J connectivity index is 3.67. The Hall–Kier alpha value is -1.06. The van der Waals surface area contributed by atoms with Crippen molar-refractivity contribution in [3.05, 3.63) is 0 Å². The highest BCUT2D eigenvalue weighted by Crippen LogP contribution is 2.61. The van der Waals surface area contributed by atoms with E-state index in [1.807, 2.05) is 0 Å². The minimum Gasteiger partial charge on any atom is -0.243 e. The number of nitrogens with zero attached hydrogens (tertiary/aromatic N) is 1. The van der Waals surface area contributed by atoms with E-state index in [0.717, 1.165) is 0 Å². The fourth-order valence-corrected chi connectivity index (χ4v) is 1.35. The smallest absolute Gasteiger partial charge is 0.243 e. The topological polar surface area (TPSA) is 12.5 Å². The lowest BCUT2D eigenvalue weighted by atomic mass is 10.2. The van der Waals surface area contributed by atoms with Crippen LogP contribution in [0.5, 0.6) is 0 Å². The van der Waals surface area contributed by atoms with Crippen molar-refractivity contribution in [2.45, 2.75) is 42.7 Å². The molecular weight excluding hydrogens is 380 g/mol. The number of halogens is 14. The Morgan fingerprint density at radius 1 is 0.696 bits per heavy atom. The first-order valence-corrected chi connectivity index (χ1v) is 4.82. The molecule has 23 heavy (non-hydrogen) atoms. The molecule has 2 nitrogen and oxygen atoms in total. The second-order valence-corrected chi connectivity index (χ2v) is 4.02. The van der Waals surface area contributed by atoms with Crippen molar-refractivity contribution in [2.75, 3.05) is 0 Å². The first-order valence-electron chi connectivity index (χ1n) is 4.82. The van der Waals surface area contributed by atoms with Gasteiger partial charge in [0.2, 0.25) is 0 Å². The summed E-state index contributed by atoms with van der Waals surface area (Å²) < 4.78 is 179. The predicted octanol–water partition coefficient (Wildman–Crippen LogP) is 4.18. The molecule has 0 atom stereocenters. The maximum atomic E-state index is 13.0. The van der Waals surface area contributed by atoms with Crippen LogP contribution >= 0.6 is 0 Å². The first kappa shape index (κ1) is 20.0. The van der Waals surface area contributed by atoms with Gasteiger partial charge in [-0.2, -0.15) is 52.7 Å². The molecule has 0 unspecified atom stereocenters. The second kappa shape index (κ2) is 4.73. The zero-order chi connectivity index (χ0) is 18.9. The van der Waals surface area contributed by atoms with Crippen LogP contribution in [-0.2, 0) is 4.74 Å². The van der Waals surface area contributed by atoms with E-state index in [9.17, 15) is 61.5 Å². The van der Waals surface area contributed by atoms with E-state index in [1.54, 1.807) is 4.74 Å². The molecule has 1 aliphatic rings. The van der Waals surface area contributed by atoms with E-state index in [1.165, 1.54) is 0 Å². The number of morpholine rings is 1. The number of rotatable bonds is 3. The van der Waals surface area contributed by atoms with Gasteiger partial charge in [-0.1, -0.05) is 4.90 Å². The molecule has 0 N–H and O–H groups in total. The average Bonchev–Trinajstić information content (AvgIpc) is 2.23. The van der Waals surface area contributed by atoms with Crippen LogP contribution in [-0.4, -0.2) is 47.6 Å². The minimum absolute atomic E-state index is 1.72. The van der Waals surface area contributed by atoms with Crippen molar-refractivity contribution in [1.82, 2.24) is 4.90 Å². The van der Waals surface area contributed by atoms with E-state index in [0.29, 0.717) is 0 Å². The molecule has 0 aromatic carbocycles. The van der Waals surface area contributed by atoms with E-state index in [-0.39, 0.29) is 0 Å². The molecule has 1 rings (SSSR count). The van der Waals surface area contributed by atoms with Crippen LogP contribution in [0.15, 0.2) is 0 Å². The number of hydrogen-bond donors (Lipinski definition) is 0. The molecular formula is C7HF14NO. The molecule has 1 fully saturated rings. The molecule has 1 heterocycles. The summed E-state index contributed by atoms with van der Waals surface area (Å²) in [6, 6.07) is -21.9. The Morgan fingerprint density at radius 2 is 1.00 bits per heavy atom. The van der Waals surface area contributed by atoms with Crippen LogP contribution < -0.4 is 0 Å². The van der Waals surface area contributed by atoms with Gasteiger partial charge in [-0.3, -0.25) is 0 Å². The molecule has 0 amide bonds. The van der Waals surface area contributed by atoms with Crippen LogP contribution in [0, 0.1) is 0 Å². The van der Waals surface area contributed by atoms with Crippen molar-refractivity contribution in [3.63, 3.8) is 0 Å². The zero-order valence-corrected chi connectivity index (χ0v) is 9.72. The minimum atomic E-state index is -7.52. The molecule has 138 valence electrons. The lowest BCUT2D eigenvalue weighted by molar-refractivity contribution is -0.594. The number of ether oxygens (including phenoxy) is 1. The number of hydrogen-bond acceptors (Lipinski definition) is 2. The van der Waals surface area contributed by atoms with Gasteiger partial charge in [0.25, 0.3) is 0 Å². The van der Waals surface area contributed by atoms with Gasteiger partial charge in [0, 0.05) is 0 Å². The van der Waals surface area contributed by atoms with Crippen molar-refractivity contribution < 1.29 is 66.2 Å². The summed E-state index contributed by atoms with van der Waals surface area (Å²) in [6.07, 6.45) is -19.3. The molecule has 16 heteroatoms. The molecule has 0 radical (unpaired) electrons. The summed E-state index contributed by atoms with van der Waals surface area (Å²) in [4.78, 5) is -3.97. The molecule has 1 saturated heterocycles. The van der Waals surface area contributed by atoms with Gasteiger partial charge in [-0.25, -0.2) is 13.5 Å². The summed E-state index contributed by atoms with van der Waals surface area (Å²) in [5.41, 5.74) is 0. The van der Waals surface area contributed by atoms with Crippen LogP contribution in [0.2, 0.25) is 0 Å². The standard InChI is InChI=1S/C7HF14NO/c8-1(9)2(10,11)3(12,13)22-4(14,15)6(18,19)23-7(20,21)5(22,16)17/h1H. The summed E-state index contributed by atoms with van der Waals surface area (Å²) in [5.74, 6) is -7.12. The highest BCUT2D eigenvalue weighted by atomic mass is 19.4. The van der Waals surface area contributed by atoms with Crippen LogP contribution in [0.3, 0.4) is 0 Å². The molecule has 0 aromatic heterocycles. The van der Waals surface area contributed by atoms with Gasteiger partial charge in [0.1, 0.15) is 0 Å². The molecule has 1 aliphatic heterocycles. The SMILES string of the molecule is FC(F)C(F)(F)C(F)(F)N1C(F)(F)C(F)(F)OC(F)(F)C1(F)F. The van der Waals surface area contributed by atoms with Gasteiger partial charge < -0.3 is 0 Å². The Kier molecular flexibility index (Phi) is 4.11. The van der Waals surface area contributed by atoms with Crippen LogP contribution in [0.1, 0.15) is 0 Å². The van der Waals surface area contributed by atoms with E-state index in [2.05, 4.69) is 0 Å². The lowest BCUT2D eigenvalue weighted by Gasteiger charge is -2.50.